The van der Waals surface area contributed by atoms with Gasteiger partial charge < -0.3 is 10.1 Å². The van der Waals surface area contributed by atoms with Gasteiger partial charge in [0, 0.05) is 5.56 Å². The molecule has 0 amide bonds. The maximum Gasteiger partial charge on any atom is 0.123 e. The topological polar surface area (TPSA) is 21.3 Å². The summed E-state index contributed by atoms with van der Waals surface area (Å²) in [6.45, 7) is 2.21. The number of ether oxygens (including phenoxy) is 1. The summed E-state index contributed by atoms with van der Waals surface area (Å²) in [5.74, 6) is 2.71. The van der Waals surface area contributed by atoms with Crippen LogP contribution in [-0.2, 0) is 0 Å². The van der Waals surface area contributed by atoms with Crippen molar-refractivity contribution < 1.29 is 9.13 Å². The molecule has 3 rings (SSSR count). The SMILES string of the molecule is COc1ccc(F)cc1C1CC1CNCC1CC1. The number of rotatable bonds is 6. The number of hydrogen-bond donors (Lipinski definition) is 1. The zero-order valence-corrected chi connectivity index (χ0v) is 10.8. The second kappa shape index (κ2) is 4.88. The van der Waals surface area contributed by atoms with E-state index in [1.807, 2.05) is 0 Å². The zero-order valence-electron chi connectivity index (χ0n) is 10.8. The lowest BCUT2D eigenvalue weighted by atomic mass is 10.1. The third-order valence-corrected chi connectivity index (χ3v) is 4.05. The van der Waals surface area contributed by atoms with Crippen molar-refractivity contribution >= 4 is 0 Å². The van der Waals surface area contributed by atoms with Gasteiger partial charge in [0.05, 0.1) is 7.11 Å². The minimum atomic E-state index is -0.164. The molecule has 0 heterocycles. The molecule has 0 spiro atoms. The van der Waals surface area contributed by atoms with E-state index >= 15 is 0 Å². The molecule has 2 nitrogen and oxygen atoms in total. The summed E-state index contributed by atoms with van der Waals surface area (Å²) < 4.78 is 18.6. The average Bonchev–Trinajstić information content (AvgIpc) is 3.24. The summed E-state index contributed by atoms with van der Waals surface area (Å²) in [7, 11) is 1.65. The first-order valence-electron chi connectivity index (χ1n) is 6.82. The summed E-state index contributed by atoms with van der Waals surface area (Å²) >= 11 is 0. The molecule has 2 fully saturated rings. The molecule has 2 unspecified atom stereocenters. The van der Waals surface area contributed by atoms with E-state index in [9.17, 15) is 4.39 Å². The third kappa shape index (κ3) is 2.66. The molecule has 0 radical (unpaired) electrons. The lowest BCUT2D eigenvalue weighted by Gasteiger charge is -2.08. The molecule has 1 aromatic rings. The van der Waals surface area contributed by atoms with Gasteiger partial charge in [-0.25, -0.2) is 4.39 Å². The molecule has 1 aromatic carbocycles. The van der Waals surface area contributed by atoms with Crippen molar-refractivity contribution in [3.05, 3.63) is 29.6 Å². The summed E-state index contributed by atoms with van der Waals surface area (Å²) in [4.78, 5) is 0. The Hall–Kier alpha value is -1.09. The summed E-state index contributed by atoms with van der Waals surface area (Å²) in [5.41, 5.74) is 1.04. The van der Waals surface area contributed by atoms with E-state index in [-0.39, 0.29) is 5.82 Å². The molecule has 1 N–H and O–H groups in total. The third-order valence-electron chi connectivity index (χ3n) is 4.05. The molecule has 2 atom stereocenters. The fourth-order valence-electron chi connectivity index (χ4n) is 2.64. The van der Waals surface area contributed by atoms with Crippen molar-refractivity contribution in [2.75, 3.05) is 20.2 Å². The van der Waals surface area contributed by atoms with Gasteiger partial charge in [0.2, 0.25) is 0 Å². The maximum absolute atomic E-state index is 13.3. The molecular formula is C15H20FNO. The number of hydrogen-bond acceptors (Lipinski definition) is 2. The fraction of sp³-hybridized carbons (Fsp3) is 0.600. The van der Waals surface area contributed by atoms with Crippen LogP contribution in [-0.4, -0.2) is 20.2 Å². The molecule has 2 aliphatic carbocycles. The van der Waals surface area contributed by atoms with Crippen molar-refractivity contribution in [3.63, 3.8) is 0 Å². The van der Waals surface area contributed by atoms with Crippen molar-refractivity contribution in [2.45, 2.75) is 25.2 Å². The van der Waals surface area contributed by atoms with Gasteiger partial charge in [0.1, 0.15) is 11.6 Å². The van der Waals surface area contributed by atoms with Gasteiger partial charge in [-0.05, 0) is 68.3 Å². The predicted molar refractivity (Wildman–Crippen MR) is 69.4 cm³/mol. The Labute approximate surface area is 108 Å². The van der Waals surface area contributed by atoms with Gasteiger partial charge in [-0.2, -0.15) is 0 Å². The Morgan fingerprint density at radius 3 is 2.89 bits per heavy atom. The van der Waals surface area contributed by atoms with Crippen LogP contribution in [0.2, 0.25) is 0 Å². The average molecular weight is 249 g/mol. The van der Waals surface area contributed by atoms with Crippen LogP contribution >= 0.6 is 0 Å². The highest BCUT2D eigenvalue weighted by Gasteiger charge is 2.39. The van der Waals surface area contributed by atoms with Crippen LogP contribution in [0.4, 0.5) is 4.39 Å². The van der Waals surface area contributed by atoms with Crippen LogP contribution in [0.25, 0.3) is 0 Å². The number of halogens is 1. The minimum Gasteiger partial charge on any atom is -0.496 e. The normalized spacial score (nSPS) is 26.1. The quantitative estimate of drug-likeness (QED) is 0.837. The molecule has 18 heavy (non-hydrogen) atoms. The van der Waals surface area contributed by atoms with E-state index in [1.165, 1.54) is 18.9 Å². The summed E-state index contributed by atoms with van der Waals surface area (Å²) in [6.07, 6.45) is 3.93. The first-order chi connectivity index (χ1) is 8.78. The van der Waals surface area contributed by atoms with Crippen LogP contribution < -0.4 is 10.1 Å². The van der Waals surface area contributed by atoms with E-state index in [2.05, 4.69) is 5.32 Å². The molecule has 2 aliphatic rings. The highest BCUT2D eigenvalue weighted by Crippen LogP contribution is 2.50. The minimum absolute atomic E-state index is 0.164. The van der Waals surface area contributed by atoms with Crippen molar-refractivity contribution in [2.24, 2.45) is 11.8 Å². The zero-order chi connectivity index (χ0) is 12.5. The fourth-order valence-corrected chi connectivity index (χ4v) is 2.64. The second-order valence-corrected chi connectivity index (χ2v) is 5.59. The predicted octanol–water partition coefficient (Wildman–Crippen LogP) is 2.94. The van der Waals surface area contributed by atoms with Gasteiger partial charge in [-0.1, -0.05) is 0 Å². The maximum atomic E-state index is 13.3. The van der Waals surface area contributed by atoms with E-state index < -0.39 is 0 Å². The van der Waals surface area contributed by atoms with Gasteiger partial charge >= 0.3 is 0 Å². The van der Waals surface area contributed by atoms with Crippen LogP contribution in [0.3, 0.4) is 0 Å². The smallest absolute Gasteiger partial charge is 0.123 e. The van der Waals surface area contributed by atoms with Crippen molar-refractivity contribution in [1.29, 1.82) is 0 Å². The van der Waals surface area contributed by atoms with Gasteiger partial charge in [-0.15, -0.1) is 0 Å². The Kier molecular flexibility index (Phi) is 3.25. The Balaban J connectivity index is 1.56. The lowest BCUT2D eigenvalue weighted by molar-refractivity contribution is 0.407. The van der Waals surface area contributed by atoms with E-state index in [0.717, 1.165) is 36.7 Å². The van der Waals surface area contributed by atoms with Crippen molar-refractivity contribution in [3.8, 4) is 5.75 Å². The van der Waals surface area contributed by atoms with Crippen molar-refractivity contribution in [1.82, 2.24) is 5.32 Å². The highest BCUT2D eigenvalue weighted by molar-refractivity contribution is 5.40. The first-order valence-corrected chi connectivity index (χ1v) is 6.82. The van der Waals surface area contributed by atoms with Crippen LogP contribution in [0.5, 0.6) is 5.75 Å². The van der Waals surface area contributed by atoms with Gasteiger partial charge in [0.15, 0.2) is 0 Å². The molecule has 98 valence electrons. The van der Waals surface area contributed by atoms with Gasteiger partial charge in [-0.3, -0.25) is 0 Å². The molecule has 0 saturated heterocycles. The van der Waals surface area contributed by atoms with E-state index in [0.29, 0.717) is 11.8 Å². The van der Waals surface area contributed by atoms with Crippen LogP contribution in [0, 0.1) is 17.7 Å². The largest absolute Gasteiger partial charge is 0.496 e. The van der Waals surface area contributed by atoms with Gasteiger partial charge in [0.25, 0.3) is 0 Å². The lowest BCUT2D eigenvalue weighted by Crippen LogP contribution is -2.19. The van der Waals surface area contributed by atoms with E-state index in [1.54, 1.807) is 19.2 Å². The Morgan fingerprint density at radius 2 is 2.17 bits per heavy atom. The van der Waals surface area contributed by atoms with Crippen LogP contribution in [0.1, 0.15) is 30.7 Å². The molecular weight excluding hydrogens is 229 g/mol. The molecule has 2 saturated carbocycles. The number of methoxy groups -OCH3 is 1. The second-order valence-electron chi connectivity index (χ2n) is 5.59. The number of nitrogens with one attached hydrogen (secondary N) is 1. The monoisotopic (exact) mass is 249 g/mol. The Morgan fingerprint density at radius 1 is 1.33 bits per heavy atom. The first kappa shape index (κ1) is 12.0. The molecule has 0 bridgehead atoms. The Bertz CT molecular complexity index is 431. The molecule has 0 aliphatic heterocycles. The van der Waals surface area contributed by atoms with Crippen LogP contribution in [0.15, 0.2) is 18.2 Å². The van der Waals surface area contributed by atoms with E-state index in [4.69, 9.17) is 4.74 Å². The molecule has 0 aromatic heterocycles. The molecule has 3 heteroatoms. The standard InChI is InChI=1S/C15H20FNO/c1-18-15-5-4-12(16)7-14(15)13-6-11(13)9-17-8-10-2-3-10/h4-5,7,10-11,13,17H,2-3,6,8-9H2,1H3. The number of benzene rings is 1. The summed E-state index contributed by atoms with van der Waals surface area (Å²) in [6, 6.07) is 4.83. The summed E-state index contributed by atoms with van der Waals surface area (Å²) in [5, 5.41) is 3.53. The highest BCUT2D eigenvalue weighted by atomic mass is 19.1.